The molecule has 0 bridgehead atoms. The van der Waals surface area contributed by atoms with E-state index in [0.717, 1.165) is 22.6 Å². The maximum atomic E-state index is 12.5. The van der Waals surface area contributed by atoms with Crippen LogP contribution in [0.1, 0.15) is 50.8 Å². The molecule has 0 spiro atoms. The molecule has 0 aliphatic heterocycles. The zero-order valence-corrected chi connectivity index (χ0v) is 18.0. The topological polar surface area (TPSA) is 47.6 Å². The number of rotatable bonds is 8. The second kappa shape index (κ2) is 9.63. The van der Waals surface area contributed by atoms with E-state index in [9.17, 15) is 4.79 Å². The Labute approximate surface area is 169 Å². The predicted octanol–water partition coefficient (Wildman–Crippen LogP) is 4.95. The molecule has 0 radical (unpaired) electrons. The van der Waals surface area contributed by atoms with E-state index in [1.807, 2.05) is 51.1 Å². The van der Waals surface area contributed by atoms with Gasteiger partial charge in [0.25, 0.3) is 5.91 Å². The van der Waals surface area contributed by atoms with Crippen LogP contribution in [0.2, 0.25) is 0 Å². The Bertz CT molecular complexity index is 793. The van der Waals surface area contributed by atoms with Gasteiger partial charge < -0.3 is 14.8 Å². The summed E-state index contributed by atoms with van der Waals surface area (Å²) >= 11 is 0. The zero-order chi connectivity index (χ0) is 20.7. The average molecular weight is 384 g/mol. The van der Waals surface area contributed by atoms with E-state index in [1.165, 1.54) is 5.56 Å². The quantitative estimate of drug-likeness (QED) is 0.656. The summed E-state index contributed by atoms with van der Waals surface area (Å²) in [5.41, 5.74) is 3.38. The number of ether oxygens (including phenoxy) is 2. The Balaban J connectivity index is 1.88. The molecule has 0 fully saturated rings. The fourth-order valence-electron chi connectivity index (χ4n) is 3.07. The highest BCUT2D eigenvalue weighted by Crippen LogP contribution is 2.30. The number of hydrogen-bond acceptors (Lipinski definition) is 3. The van der Waals surface area contributed by atoms with Crippen LogP contribution in [0.3, 0.4) is 0 Å². The summed E-state index contributed by atoms with van der Waals surface area (Å²) in [6.45, 7) is 13.3. The first-order chi connectivity index (χ1) is 13.2. The molecule has 1 amide bonds. The van der Waals surface area contributed by atoms with E-state index < -0.39 is 6.10 Å². The first-order valence-electron chi connectivity index (χ1n) is 9.96. The van der Waals surface area contributed by atoms with Gasteiger partial charge in [0, 0.05) is 0 Å². The van der Waals surface area contributed by atoms with Gasteiger partial charge >= 0.3 is 0 Å². The standard InChI is InChI=1S/C24H33NO3/c1-7-20(28-21-13-12-17(2)16-18(21)3)23(26)25-14-15-27-22-11-9-8-10-19(22)24(4,5)6/h8-13,16,20H,7,14-15H2,1-6H3,(H,25,26). The molecule has 0 aromatic heterocycles. The fourth-order valence-corrected chi connectivity index (χ4v) is 3.07. The number of aryl methyl sites for hydroxylation is 2. The van der Waals surface area contributed by atoms with E-state index in [0.29, 0.717) is 19.6 Å². The second-order valence-electron chi connectivity index (χ2n) is 8.17. The summed E-state index contributed by atoms with van der Waals surface area (Å²) in [6, 6.07) is 14.0. The molecule has 2 aromatic carbocycles. The van der Waals surface area contributed by atoms with Gasteiger partial charge in [-0.15, -0.1) is 0 Å². The van der Waals surface area contributed by atoms with Crippen molar-refractivity contribution in [1.29, 1.82) is 0 Å². The van der Waals surface area contributed by atoms with E-state index in [2.05, 4.69) is 38.2 Å². The Morgan fingerprint density at radius 2 is 1.79 bits per heavy atom. The molecule has 28 heavy (non-hydrogen) atoms. The molecule has 0 heterocycles. The first kappa shape index (κ1) is 21.8. The largest absolute Gasteiger partial charge is 0.491 e. The van der Waals surface area contributed by atoms with Crippen LogP contribution < -0.4 is 14.8 Å². The molecule has 1 atom stereocenters. The number of benzene rings is 2. The lowest BCUT2D eigenvalue weighted by atomic mass is 9.86. The average Bonchev–Trinajstić information content (AvgIpc) is 2.64. The van der Waals surface area contributed by atoms with Crippen LogP contribution >= 0.6 is 0 Å². The van der Waals surface area contributed by atoms with Crippen LogP contribution in [0.5, 0.6) is 11.5 Å². The van der Waals surface area contributed by atoms with Gasteiger partial charge in [-0.05, 0) is 48.9 Å². The summed E-state index contributed by atoms with van der Waals surface area (Å²) in [5.74, 6) is 1.50. The third-order valence-electron chi connectivity index (χ3n) is 4.62. The SMILES string of the molecule is CCC(Oc1ccc(C)cc1C)C(=O)NCCOc1ccccc1C(C)(C)C. The first-order valence-corrected chi connectivity index (χ1v) is 9.96. The molecule has 2 aromatic rings. The van der Waals surface area contributed by atoms with Crippen molar-refractivity contribution in [2.75, 3.05) is 13.2 Å². The predicted molar refractivity (Wildman–Crippen MR) is 114 cm³/mol. The molecule has 4 nitrogen and oxygen atoms in total. The summed E-state index contributed by atoms with van der Waals surface area (Å²) < 4.78 is 11.9. The smallest absolute Gasteiger partial charge is 0.261 e. The molecule has 0 aliphatic rings. The van der Waals surface area contributed by atoms with Crippen molar-refractivity contribution >= 4 is 5.91 Å². The van der Waals surface area contributed by atoms with Crippen molar-refractivity contribution in [3.63, 3.8) is 0 Å². The van der Waals surface area contributed by atoms with Gasteiger partial charge in [-0.2, -0.15) is 0 Å². The summed E-state index contributed by atoms with van der Waals surface area (Å²) in [4.78, 5) is 12.5. The van der Waals surface area contributed by atoms with E-state index >= 15 is 0 Å². The molecular formula is C24H33NO3. The van der Waals surface area contributed by atoms with E-state index in [1.54, 1.807) is 0 Å². The summed E-state index contributed by atoms with van der Waals surface area (Å²) in [5, 5.41) is 2.92. The lowest BCUT2D eigenvalue weighted by molar-refractivity contribution is -0.128. The van der Waals surface area contributed by atoms with Crippen LogP contribution in [0.15, 0.2) is 42.5 Å². The highest BCUT2D eigenvalue weighted by atomic mass is 16.5. The zero-order valence-electron chi connectivity index (χ0n) is 18.0. The van der Waals surface area contributed by atoms with Crippen LogP contribution in [0.4, 0.5) is 0 Å². The van der Waals surface area contributed by atoms with Crippen LogP contribution in [-0.4, -0.2) is 25.2 Å². The van der Waals surface area contributed by atoms with Gasteiger partial charge in [0.05, 0.1) is 6.54 Å². The fraction of sp³-hybridized carbons (Fsp3) is 0.458. The van der Waals surface area contributed by atoms with Gasteiger partial charge in [0.1, 0.15) is 18.1 Å². The maximum absolute atomic E-state index is 12.5. The minimum atomic E-state index is -0.511. The highest BCUT2D eigenvalue weighted by Gasteiger charge is 2.20. The third-order valence-corrected chi connectivity index (χ3v) is 4.62. The molecule has 4 heteroatoms. The number of nitrogens with one attached hydrogen (secondary N) is 1. The Hall–Kier alpha value is -2.49. The number of amides is 1. The summed E-state index contributed by atoms with van der Waals surface area (Å²) in [7, 11) is 0. The minimum Gasteiger partial charge on any atom is -0.491 e. The highest BCUT2D eigenvalue weighted by molar-refractivity contribution is 5.81. The number of carbonyl (C=O) groups is 1. The monoisotopic (exact) mass is 383 g/mol. The molecule has 0 saturated heterocycles. The normalized spacial score (nSPS) is 12.4. The molecular weight excluding hydrogens is 350 g/mol. The Kier molecular flexibility index (Phi) is 7.50. The van der Waals surface area contributed by atoms with Crippen LogP contribution in [0.25, 0.3) is 0 Å². The second-order valence-corrected chi connectivity index (χ2v) is 8.17. The maximum Gasteiger partial charge on any atom is 0.261 e. The van der Waals surface area contributed by atoms with Crippen molar-refractivity contribution in [2.45, 2.75) is 59.5 Å². The number of carbonyl (C=O) groups excluding carboxylic acids is 1. The van der Waals surface area contributed by atoms with Gasteiger partial charge in [0.15, 0.2) is 6.10 Å². The lowest BCUT2D eigenvalue weighted by Gasteiger charge is -2.23. The molecule has 0 saturated carbocycles. The molecule has 1 N–H and O–H groups in total. The van der Waals surface area contributed by atoms with Gasteiger partial charge in [-0.1, -0.05) is 63.6 Å². The van der Waals surface area contributed by atoms with Crippen molar-refractivity contribution in [1.82, 2.24) is 5.32 Å². The molecule has 152 valence electrons. The number of hydrogen-bond donors (Lipinski definition) is 1. The summed E-state index contributed by atoms with van der Waals surface area (Å²) in [6.07, 6.45) is 0.0932. The Morgan fingerprint density at radius 3 is 2.43 bits per heavy atom. The van der Waals surface area contributed by atoms with Crippen molar-refractivity contribution in [3.8, 4) is 11.5 Å². The lowest BCUT2D eigenvalue weighted by Crippen LogP contribution is -2.40. The van der Waals surface area contributed by atoms with Crippen LogP contribution in [-0.2, 0) is 10.2 Å². The molecule has 0 aliphatic carbocycles. The van der Waals surface area contributed by atoms with Gasteiger partial charge in [-0.3, -0.25) is 4.79 Å². The van der Waals surface area contributed by atoms with Crippen molar-refractivity contribution < 1.29 is 14.3 Å². The molecule has 1 unspecified atom stereocenters. The van der Waals surface area contributed by atoms with Crippen molar-refractivity contribution in [2.24, 2.45) is 0 Å². The van der Waals surface area contributed by atoms with Crippen molar-refractivity contribution in [3.05, 3.63) is 59.2 Å². The van der Waals surface area contributed by atoms with Gasteiger partial charge in [0.2, 0.25) is 0 Å². The van der Waals surface area contributed by atoms with Crippen LogP contribution in [0, 0.1) is 13.8 Å². The minimum absolute atomic E-state index is 0.00683. The Morgan fingerprint density at radius 1 is 1.07 bits per heavy atom. The van der Waals surface area contributed by atoms with Gasteiger partial charge in [-0.25, -0.2) is 0 Å². The van der Waals surface area contributed by atoms with E-state index in [4.69, 9.17) is 9.47 Å². The van der Waals surface area contributed by atoms with E-state index in [-0.39, 0.29) is 11.3 Å². The molecule has 2 rings (SSSR count). The third kappa shape index (κ3) is 6.01. The number of para-hydroxylation sites is 1.